The van der Waals surface area contributed by atoms with Gasteiger partial charge in [-0.05, 0) is 15.9 Å². The van der Waals surface area contributed by atoms with Gasteiger partial charge >= 0.3 is 0 Å². The summed E-state index contributed by atoms with van der Waals surface area (Å²) < 4.78 is 0.712. The van der Waals surface area contributed by atoms with Crippen molar-refractivity contribution in [1.82, 2.24) is 0 Å². The minimum absolute atomic E-state index is 0.371. The molecule has 8 heavy (non-hydrogen) atoms. The van der Waals surface area contributed by atoms with Gasteiger partial charge in [0, 0.05) is 0 Å². The Morgan fingerprint density at radius 3 is 3.00 bits per heavy atom. The fraction of sp³-hybridized carbons (Fsp3) is 0.500. The second-order valence-corrected chi connectivity index (χ2v) is 2.31. The lowest BCUT2D eigenvalue weighted by molar-refractivity contribution is 0.125. The number of nitrogens with zero attached hydrogens (tertiary/aromatic N) is 2. The zero-order valence-electron chi connectivity index (χ0n) is 3.97. The molecule has 1 unspecified atom stereocenters. The molecule has 0 N–H and O–H groups in total. The summed E-state index contributed by atoms with van der Waals surface area (Å²) >= 11 is 3.09. The lowest BCUT2D eigenvalue weighted by Gasteiger charge is -1.90. The van der Waals surface area contributed by atoms with E-state index in [1.54, 1.807) is 0 Å². The first-order valence-electron chi connectivity index (χ1n) is 2.10. The molecule has 1 aliphatic heterocycles. The van der Waals surface area contributed by atoms with Gasteiger partial charge in [-0.3, -0.25) is 0 Å². The second kappa shape index (κ2) is 2.14. The molecule has 0 saturated heterocycles. The normalized spacial score (nSPS) is 26.0. The van der Waals surface area contributed by atoms with Crippen molar-refractivity contribution < 1.29 is 4.84 Å². The van der Waals surface area contributed by atoms with E-state index in [4.69, 9.17) is 5.26 Å². The van der Waals surface area contributed by atoms with Gasteiger partial charge in [-0.25, -0.2) is 0 Å². The number of oxime groups is 1. The summed E-state index contributed by atoms with van der Waals surface area (Å²) in [4.78, 5) is 4.59. The molecule has 0 bridgehead atoms. The van der Waals surface area contributed by atoms with Gasteiger partial charge in [0.25, 0.3) is 0 Å². The van der Waals surface area contributed by atoms with Crippen LogP contribution in [0.15, 0.2) is 5.16 Å². The average Bonchev–Trinajstić information content (AvgIpc) is 2.14. The Morgan fingerprint density at radius 1 is 2.00 bits per heavy atom. The molecule has 1 heterocycles. The molecule has 0 aromatic carbocycles. The summed E-state index contributed by atoms with van der Waals surface area (Å²) in [6.07, 6.45) is 0.209. The molecule has 0 saturated carbocycles. The molecule has 0 amide bonds. The van der Waals surface area contributed by atoms with E-state index in [2.05, 4.69) is 25.9 Å². The van der Waals surface area contributed by atoms with Crippen molar-refractivity contribution >= 4 is 20.6 Å². The number of hydrogen-bond acceptors (Lipinski definition) is 3. The standard InChI is InChI=1S/C4H3BrN2O/c5-4-1-3(2-6)8-7-4/h3H,1H2. The summed E-state index contributed by atoms with van der Waals surface area (Å²) in [5, 5.41) is 11.7. The highest BCUT2D eigenvalue weighted by Gasteiger charge is 2.17. The summed E-state index contributed by atoms with van der Waals surface area (Å²) in [7, 11) is 0. The molecular formula is C4H3BrN2O. The zero-order chi connectivity index (χ0) is 5.98. The maximum absolute atomic E-state index is 8.21. The van der Waals surface area contributed by atoms with Crippen molar-refractivity contribution in [2.24, 2.45) is 5.16 Å². The molecule has 0 aromatic heterocycles. The predicted octanol–water partition coefficient (Wildman–Crippen LogP) is 1.01. The van der Waals surface area contributed by atoms with Crippen LogP contribution in [0.4, 0.5) is 0 Å². The van der Waals surface area contributed by atoms with Crippen LogP contribution in [-0.2, 0) is 4.84 Å². The first-order chi connectivity index (χ1) is 3.83. The Morgan fingerprint density at radius 2 is 2.75 bits per heavy atom. The molecule has 1 rings (SSSR count). The van der Waals surface area contributed by atoms with Crippen molar-refractivity contribution in [2.75, 3.05) is 0 Å². The van der Waals surface area contributed by atoms with Gasteiger partial charge in [-0.15, -0.1) is 0 Å². The highest BCUT2D eigenvalue weighted by Crippen LogP contribution is 2.12. The minimum Gasteiger partial charge on any atom is -0.376 e. The fourth-order valence-electron chi connectivity index (χ4n) is 0.418. The first kappa shape index (κ1) is 5.57. The summed E-state index contributed by atoms with van der Waals surface area (Å²) in [5.41, 5.74) is 0. The molecule has 0 spiro atoms. The van der Waals surface area contributed by atoms with Crippen LogP contribution in [0.25, 0.3) is 0 Å². The molecule has 0 aliphatic carbocycles. The van der Waals surface area contributed by atoms with Crippen LogP contribution in [0.2, 0.25) is 0 Å². The van der Waals surface area contributed by atoms with Gasteiger partial charge in [-0.2, -0.15) is 5.26 Å². The molecule has 3 nitrogen and oxygen atoms in total. The second-order valence-electron chi connectivity index (χ2n) is 1.39. The van der Waals surface area contributed by atoms with Gasteiger partial charge in [0.15, 0.2) is 0 Å². The van der Waals surface area contributed by atoms with Gasteiger partial charge in [-0.1, -0.05) is 5.16 Å². The number of rotatable bonds is 0. The smallest absolute Gasteiger partial charge is 0.218 e. The minimum atomic E-state index is -0.371. The Labute approximate surface area is 55.1 Å². The fourth-order valence-corrected chi connectivity index (χ4v) is 0.795. The Hall–Kier alpha value is -0.560. The van der Waals surface area contributed by atoms with Crippen LogP contribution in [-0.4, -0.2) is 10.7 Å². The maximum atomic E-state index is 8.21. The SMILES string of the molecule is N#CC1CC(Br)=NO1. The quantitative estimate of drug-likeness (QED) is 0.551. The molecule has 0 radical (unpaired) electrons. The topological polar surface area (TPSA) is 45.4 Å². The van der Waals surface area contributed by atoms with Crippen molar-refractivity contribution in [1.29, 1.82) is 5.26 Å². The van der Waals surface area contributed by atoms with Crippen molar-refractivity contribution in [3.8, 4) is 6.07 Å². The Balaban J connectivity index is 2.47. The van der Waals surface area contributed by atoms with Gasteiger partial charge in [0.1, 0.15) is 10.7 Å². The first-order valence-corrected chi connectivity index (χ1v) is 2.90. The van der Waals surface area contributed by atoms with E-state index in [0.29, 0.717) is 11.0 Å². The average molecular weight is 175 g/mol. The van der Waals surface area contributed by atoms with Gasteiger partial charge in [0.2, 0.25) is 6.10 Å². The zero-order valence-corrected chi connectivity index (χ0v) is 5.55. The van der Waals surface area contributed by atoms with Crippen LogP contribution < -0.4 is 0 Å². The van der Waals surface area contributed by atoms with E-state index >= 15 is 0 Å². The molecule has 1 aliphatic rings. The monoisotopic (exact) mass is 174 g/mol. The van der Waals surface area contributed by atoms with Crippen molar-refractivity contribution in [3.05, 3.63) is 0 Å². The maximum Gasteiger partial charge on any atom is 0.218 e. The third-order valence-electron chi connectivity index (χ3n) is 0.777. The highest BCUT2D eigenvalue weighted by atomic mass is 79.9. The van der Waals surface area contributed by atoms with Crippen LogP contribution >= 0.6 is 15.9 Å². The predicted molar refractivity (Wildman–Crippen MR) is 31.5 cm³/mol. The van der Waals surface area contributed by atoms with Crippen molar-refractivity contribution in [2.45, 2.75) is 12.5 Å². The summed E-state index contributed by atoms with van der Waals surface area (Å²) in [6, 6.07) is 1.93. The summed E-state index contributed by atoms with van der Waals surface area (Å²) in [6.45, 7) is 0. The van der Waals surface area contributed by atoms with Gasteiger partial charge in [0.05, 0.1) is 6.42 Å². The lowest BCUT2D eigenvalue weighted by Crippen LogP contribution is -2.00. The van der Waals surface area contributed by atoms with E-state index in [1.165, 1.54) is 0 Å². The van der Waals surface area contributed by atoms with E-state index in [-0.39, 0.29) is 6.10 Å². The van der Waals surface area contributed by atoms with E-state index in [1.807, 2.05) is 6.07 Å². The number of nitriles is 1. The van der Waals surface area contributed by atoms with Crippen LogP contribution in [0.1, 0.15) is 6.42 Å². The number of hydrogen-bond donors (Lipinski definition) is 0. The van der Waals surface area contributed by atoms with Crippen LogP contribution in [0.5, 0.6) is 0 Å². The highest BCUT2D eigenvalue weighted by molar-refractivity contribution is 9.18. The molecule has 1 atom stereocenters. The largest absolute Gasteiger partial charge is 0.376 e. The third-order valence-corrected chi connectivity index (χ3v) is 1.25. The van der Waals surface area contributed by atoms with Crippen LogP contribution in [0, 0.1) is 11.3 Å². The summed E-state index contributed by atoms with van der Waals surface area (Å²) in [5.74, 6) is 0. The molecule has 42 valence electrons. The Bertz CT molecular complexity index is 160. The molecule has 0 aromatic rings. The van der Waals surface area contributed by atoms with Gasteiger partial charge < -0.3 is 4.84 Å². The lowest BCUT2D eigenvalue weighted by atomic mass is 10.3. The third kappa shape index (κ3) is 0.984. The van der Waals surface area contributed by atoms with E-state index in [9.17, 15) is 0 Å². The molecule has 0 fully saturated rings. The molecule has 4 heteroatoms. The number of halogens is 1. The van der Waals surface area contributed by atoms with E-state index < -0.39 is 0 Å². The Kier molecular flexibility index (Phi) is 1.49. The molecular weight excluding hydrogens is 172 g/mol. The van der Waals surface area contributed by atoms with E-state index in [0.717, 1.165) is 0 Å². The van der Waals surface area contributed by atoms with Crippen LogP contribution in [0.3, 0.4) is 0 Å². The van der Waals surface area contributed by atoms with Crippen molar-refractivity contribution in [3.63, 3.8) is 0 Å².